The van der Waals surface area contributed by atoms with Crippen LogP contribution in [-0.2, 0) is 0 Å². The average molecular weight is 282 g/mol. The van der Waals surface area contributed by atoms with E-state index in [-0.39, 0.29) is 5.69 Å². The summed E-state index contributed by atoms with van der Waals surface area (Å²) in [4.78, 5) is 15.8. The van der Waals surface area contributed by atoms with Crippen LogP contribution in [0.2, 0.25) is 0 Å². The smallest absolute Gasteiger partial charge is 0.258 e. The minimum Gasteiger partial charge on any atom is -0.258 e. The molecule has 0 fully saturated rings. The highest BCUT2D eigenvalue weighted by Crippen LogP contribution is 2.36. The SMILES string of the molecule is O=[N+]([O-])c1cnc2ccc(S)cc2c1-c1ccccc1. The van der Waals surface area contributed by atoms with Gasteiger partial charge in [0.25, 0.3) is 5.69 Å². The maximum absolute atomic E-state index is 11.3. The highest BCUT2D eigenvalue weighted by molar-refractivity contribution is 7.80. The predicted molar refractivity (Wildman–Crippen MR) is 81.1 cm³/mol. The van der Waals surface area contributed by atoms with Crippen LogP contribution in [-0.4, -0.2) is 9.91 Å². The number of nitrogens with zero attached hydrogens (tertiary/aromatic N) is 2. The van der Waals surface area contributed by atoms with Crippen molar-refractivity contribution in [2.45, 2.75) is 4.90 Å². The van der Waals surface area contributed by atoms with Gasteiger partial charge in [0, 0.05) is 10.3 Å². The van der Waals surface area contributed by atoms with Gasteiger partial charge in [-0.05, 0) is 23.8 Å². The van der Waals surface area contributed by atoms with E-state index in [0.29, 0.717) is 11.1 Å². The predicted octanol–water partition coefficient (Wildman–Crippen LogP) is 4.10. The van der Waals surface area contributed by atoms with Crippen LogP contribution in [0.3, 0.4) is 0 Å². The Bertz CT molecular complexity index is 804. The lowest BCUT2D eigenvalue weighted by atomic mass is 10.00. The van der Waals surface area contributed by atoms with Crippen LogP contribution in [0.5, 0.6) is 0 Å². The van der Waals surface area contributed by atoms with Crippen molar-refractivity contribution < 1.29 is 4.92 Å². The Labute approximate surface area is 120 Å². The molecule has 3 rings (SSSR count). The minimum atomic E-state index is -0.403. The third-order valence-electron chi connectivity index (χ3n) is 3.09. The molecular weight excluding hydrogens is 272 g/mol. The van der Waals surface area contributed by atoms with Gasteiger partial charge in [0.05, 0.1) is 16.0 Å². The fourth-order valence-corrected chi connectivity index (χ4v) is 2.42. The van der Waals surface area contributed by atoms with Crippen molar-refractivity contribution in [1.82, 2.24) is 4.98 Å². The Hall–Kier alpha value is -2.40. The highest BCUT2D eigenvalue weighted by atomic mass is 32.1. The van der Waals surface area contributed by atoms with E-state index >= 15 is 0 Å². The summed E-state index contributed by atoms with van der Waals surface area (Å²) >= 11 is 4.31. The molecule has 0 aliphatic carbocycles. The normalized spacial score (nSPS) is 10.7. The van der Waals surface area contributed by atoms with E-state index in [4.69, 9.17) is 0 Å². The van der Waals surface area contributed by atoms with E-state index < -0.39 is 4.92 Å². The number of rotatable bonds is 2. The molecule has 0 bridgehead atoms. The molecule has 98 valence electrons. The molecule has 0 saturated heterocycles. The monoisotopic (exact) mass is 282 g/mol. The Balaban J connectivity index is 2.44. The fourth-order valence-electron chi connectivity index (χ4n) is 2.22. The first-order valence-electron chi connectivity index (χ1n) is 5.98. The summed E-state index contributed by atoms with van der Waals surface area (Å²) in [6, 6.07) is 14.7. The van der Waals surface area contributed by atoms with Crippen molar-refractivity contribution in [3.8, 4) is 11.1 Å². The maximum Gasteiger partial charge on any atom is 0.295 e. The van der Waals surface area contributed by atoms with Gasteiger partial charge < -0.3 is 0 Å². The first kappa shape index (κ1) is 12.6. The van der Waals surface area contributed by atoms with Crippen molar-refractivity contribution in [2.75, 3.05) is 0 Å². The Morgan fingerprint density at radius 2 is 1.85 bits per heavy atom. The number of pyridine rings is 1. The van der Waals surface area contributed by atoms with E-state index in [9.17, 15) is 10.1 Å². The molecule has 0 radical (unpaired) electrons. The zero-order chi connectivity index (χ0) is 14.1. The number of hydrogen-bond donors (Lipinski definition) is 1. The Kier molecular flexibility index (Phi) is 3.12. The van der Waals surface area contributed by atoms with Gasteiger partial charge in [-0.25, -0.2) is 4.98 Å². The molecule has 0 amide bonds. The zero-order valence-electron chi connectivity index (χ0n) is 10.4. The quantitative estimate of drug-likeness (QED) is 0.437. The number of benzene rings is 2. The Morgan fingerprint density at radius 3 is 2.55 bits per heavy atom. The van der Waals surface area contributed by atoms with Gasteiger partial charge >= 0.3 is 0 Å². The molecule has 3 aromatic rings. The molecule has 5 heteroatoms. The van der Waals surface area contributed by atoms with E-state index in [1.165, 1.54) is 6.20 Å². The molecule has 2 aromatic carbocycles. The van der Waals surface area contributed by atoms with Crippen LogP contribution in [0.4, 0.5) is 5.69 Å². The minimum absolute atomic E-state index is 0.00244. The lowest BCUT2D eigenvalue weighted by molar-refractivity contribution is -0.384. The molecule has 4 nitrogen and oxygen atoms in total. The van der Waals surface area contributed by atoms with Crippen LogP contribution in [0, 0.1) is 10.1 Å². The summed E-state index contributed by atoms with van der Waals surface area (Å²) in [6.07, 6.45) is 1.31. The summed E-state index contributed by atoms with van der Waals surface area (Å²) in [5, 5.41) is 12.0. The van der Waals surface area contributed by atoms with Gasteiger partial charge in [-0.3, -0.25) is 10.1 Å². The second kappa shape index (κ2) is 4.94. The van der Waals surface area contributed by atoms with Gasteiger partial charge in [0.2, 0.25) is 0 Å². The van der Waals surface area contributed by atoms with E-state index in [0.717, 1.165) is 15.8 Å². The van der Waals surface area contributed by atoms with Gasteiger partial charge in [0.1, 0.15) is 6.20 Å². The second-order valence-electron chi connectivity index (χ2n) is 4.34. The summed E-state index contributed by atoms with van der Waals surface area (Å²) in [5.74, 6) is 0. The van der Waals surface area contributed by atoms with Crippen molar-refractivity contribution in [3.05, 3.63) is 64.8 Å². The number of thiol groups is 1. The fraction of sp³-hybridized carbons (Fsp3) is 0. The van der Waals surface area contributed by atoms with Crippen LogP contribution < -0.4 is 0 Å². The van der Waals surface area contributed by atoms with E-state index in [1.54, 1.807) is 6.07 Å². The molecule has 20 heavy (non-hydrogen) atoms. The van der Waals surface area contributed by atoms with Crippen molar-refractivity contribution in [2.24, 2.45) is 0 Å². The first-order valence-corrected chi connectivity index (χ1v) is 6.43. The lowest BCUT2D eigenvalue weighted by Crippen LogP contribution is -1.95. The standard InChI is InChI=1S/C15H10N2O2S/c18-17(19)14-9-16-13-7-6-11(20)8-12(13)15(14)10-4-2-1-3-5-10/h1-9,20H. The van der Waals surface area contributed by atoms with Crippen LogP contribution in [0.1, 0.15) is 0 Å². The van der Waals surface area contributed by atoms with Crippen molar-refractivity contribution >= 4 is 29.2 Å². The van der Waals surface area contributed by atoms with Gasteiger partial charge in [-0.2, -0.15) is 0 Å². The summed E-state index contributed by atoms with van der Waals surface area (Å²) in [5.41, 5.74) is 2.09. The molecule has 0 saturated carbocycles. The highest BCUT2D eigenvalue weighted by Gasteiger charge is 2.19. The molecule has 0 atom stereocenters. The largest absolute Gasteiger partial charge is 0.295 e. The molecule has 0 aliphatic rings. The lowest BCUT2D eigenvalue weighted by Gasteiger charge is -2.08. The third-order valence-corrected chi connectivity index (χ3v) is 3.37. The molecule has 0 aliphatic heterocycles. The van der Waals surface area contributed by atoms with Crippen molar-refractivity contribution in [3.63, 3.8) is 0 Å². The Morgan fingerprint density at radius 1 is 1.10 bits per heavy atom. The summed E-state index contributed by atoms with van der Waals surface area (Å²) < 4.78 is 0. The average Bonchev–Trinajstić information content (AvgIpc) is 2.46. The van der Waals surface area contributed by atoms with Crippen LogP contribution >= 0.6 is 12.6 Å². The number of aromatic nitrogens is 1. The van der Waals surface area contributed by atoms with Gasteiger partial charge in [-0.15, -0.1) is 12.6 Å². The molecular formula is C15H10N2O2S. The third kappa shape index (κ3) is 2.12. The second-order valence-corrected chi connectivity index (χ2v) is 4.86. The van der Waals surface area contributed by atoms with Gasteiger partial charge in [0.15, 0.2) is 0 Å². The zero-order valence-corrected chi connectivity index (χ0v) is 11.2. The van der Waals surface area contributed by atoms with Gasteiger partial charge in [-0.1, -0.05) is 30.3 Å². The number of nitro groups is 1. The topological polar surface area (TPSA) is 56.0 Å². The summed E-state index contributed by atoms with van der Waals surface area (Å²) in [6.45, 7) is 0. The molecule has 1 heterocycles. The molecule has 0 spiro atoms. The number of fused-ring (bicyclic) bond motifs is 1. The van der Waals surface area contributed by atoms with Crippen LogP contribution in [0.15, 0.2) is 59.6 Å². The van der Waals surface area contributed by atoms with E-state index in [2.05, 4.69) is 17.6 Å². The molecule has 1 aromatic heterocycles. The molecule has 0 unspecified atom stereocenters. The first-order chi connectivity index (χ1) is 9.66. The summed E-state index contributed by atoms with van der Waals surface area (Å²) in [7, 11) is 0. The number of hydrogen-bond acceptors (Lipinski definition) is 4. The maximum atomic E-state index is 11.3. The van der Waals surface area contributed by atoms with Crippen LogP contribution in [0.25, 0.3) is 22.0 Å². The van der Waals surface area contributed by atoms with E-state index in [1.807, 2.05) is 42.5 Å². The van der Waals surface area contributed by atoms with Crippen molar-refractivity contribution in [1.29, 1.82) is 0 Å². The molecule has 0 N–H and O–H groups in total.